The van der Waals surface area contributed by atoms with Crippen molar-refractivity contribution in [2.24, 2.45) is 0 Å². The number of carbonyl (C=O) groups excluding carboxylic acids is 1. The Morgan fingerprint density at radius 3 is 2.57 bits per heavy atom. The van der Waals surface area contributed by atoms with E-state index in [2.05, 4.69) is 26.1 Å². The first-order valence-corrected chi connectivity index (χ1v) is 9.39. The average molecular weight is 447 g/mol. The fraction of sp³-hybridized carbons (Fsp3) is 0.278. The number of nitrogens with zero attached hydrogens (tertiary/aromatic N) is 6. The number of benzene rings is 1. The Bertz CT molecular complexity index is 995. The van der Waals surface area contributed by atoms with Crippen LogP contribution in [-0.2, 0) is 19.6 Å². The molecule has 0 aliphatic rings. The molecular formula is C18H19BrN6O3. The predicted molar refractivity (Wildman–Crippen MR) is 106 cm³/mol. The number of nitro groups is 1. The van der Waals surface area contributed by atoms with Crippen molar-refractivity contribution in [2.75, 3.05) is 7.05 Å². The fourth-order valence-corrected chi connectivity index (χ4v) is 3.23. The van der Waals surface area contributed by atoms with Gasteiger partial charge in [0.2, 0.25) is 0 Å². The first-order chi connectivity index (χ1) is 13.4. The normalized spacial score (nSPS) is 10.8. The van der Waals surface area contributed by atoms with Gasteiger partial charge in [0.15, 0.2) is 0 Å². The van der Waals surface area contributed by atoms with Crippen molar-refractivity contribution in [1.82, 2.24) is 24.5 Å². The van der Waals surface area contributed by atoms with E-state index in [1.165, 1.54) is 17.1 Å². The molecule has 0 radical (unpaired) electrons. The topological polar surface area (TPSA) is 99.1 Å². The summed E-state index contributed by atoms with van der Waals surface area (Å²) in [7, 11) is 1.75. The first-order valence-electron chi connectivity index (χ1n) is 8.60. The zero-order valence-electron chi connectivity index (χ0n) is 15.4. The van der Waals surface area contributed by atoms with E-state index in [9.17, 15) is 14.9 Å². The molecule has 0 atom stereocenters. The second-order valence-corrected chi connectivity index (χ2v) is 7.12. The largest absolute Gasteiger partial charge is 0.336 e. The van der Waals surface area contributed by atoms with Gasteiger partial charge in [0.25, 0.3) is 5.91 Å². The molecule has 28 heavy (non-hydrogen) atoms. The Morgan fingerprint density at radius 1 is 1.25 bits per heavy atom. The van der Waals surface area contributed by atoms with E-state index in [-0.39, 0.29) is 11.6 Å². The van der Waals surface area contributed by atoms with Gasteiger partial charge in [-0.05, 0) is 40.5 Å². The molecule has 0 fully saturated rings. The molecule has 0 bridgehead atoms. The molecular weight excluding hydrogens is 428 g/mol. The number of rotatable bonds is 7. The average Bonchev–Trinajstić information content (AvgIpc) is 3.29. The number of hydrogen-bond donors (Lipinski definition) is 0. The lowest BCUT2D eigenvalue weighted by molar-refractivity contribution is -0.385. The third kappa shape index (κ3) is 4.28. The molecule has 2 heterocycles. The quantitative estimate of drug-likeness (QED) is 0.410. The number of aromatic nitrogens is 4. The minimum Gasteiger partial charge on any atom is -0.336 e. The summed E-state index contributed by atoms with van der Waals surface area (Å²) in [5.41, 5.74) is 2.35. The van der Waals surface area contributed by atoms with Crippen molar-refractivity contribution >= 4 is 27.5 Å². The predicted octanol–water partition coefficient (Wildman–Crippen LogP) is 3.09. The Balaban J connectivity index is 1.67. The second kappa shape index (κ2) is 8.34. The van der Waals surface area contributed by atoms with Gasteiger partial charge in [-0.1, -0.05) is 12.1 Å². The van der Waals surface area contributed by atoms with E-state index in [0.717, 1.165) is 22.3 Å². The highest BCUT2D eigenvalue weighted by Gasteiger charge is 2.16. The van der Waals surface area contributed by atoms with Gasteiger partial charge in [0, 0.05) is 19.2 Å². The Morgan fingerprint density at radius 2 is 1.96 bits per heavy atom. The van der Waals surface area contributed by atoms with E-state index in [1.54, 1.807) is 30.3 Å². The van der Waals surface area contributed by atoms with E-state index in [0.29, 0.717) is 18.7 Å². The highest BCUT2D eigenvalue weighted by molar-refractivity contribution is 9.10. The van der Waals surface area contributed by atoms with Crippen LogP contribution >= 0.6 is 15.9 Å². The lowest BCUT2D eigenvalue weighted by Crippen LogP contribution is -2.27. The monoisotopic (exact) mass is 446 g/mol. The van der Waals surface area contributed by atoms with Gasteiger partial charge in [0.1, 0.15) is 12.4 Å². The molecule has 2 aromatic heterocycles. The number of hydrogen-bond acceptors (Lipinski definition) is 5. The summed E-state index contributed by atoms with van der Waals surface area (Å²) >= 11 is 3.47. The van der Waals surface area contributed by atoms with Gasteiger partial charge < -0.3 is 4.90 Å². The van der Waals surface area contributed by atoms with E-state index in [4.69, 9.17) is 0 Å². The van der Waals surface area contributed by atoms with Gasteiger partial charge in [-0.3, -0.25) is 24.3 Å². The van der Waals surface area contributed by atoms with E-state index in [1.807, 2.05) is 23.7 Å². The molecule has 1 amide bonds. The van der Waals surface area contributed by atoms with Crippen LogP contribution in [0.2, 0.25) is 0 Å². The standard InChI is InChI=1S/C18H19BrN6O3/c1-3-24-17(16(19)9-21-24)12-22(2)18(26)14-6-4-13(5-7-14)10-23-11-15(8-20-23)25(27)28/h4-9,11H,3,10,12H2,1-2H3. The van der Waals surface area contributed by atoms with Crippen LogP contribution < -0.4 is 0 Å². The van der Waals surface area contributed by atoms with Crippen LogP contribution in [0.4, 0.5) is 5.69 Å². The molecule has 0 saturated carbocycles. The van der Waals surface area contributed by atoms with Gasteiger partial charge in [-0.2, -0.15) is 10.2 Å². The van der Waals surface area contributed by atoms with Crippen LogP contribution in [0.3, 0.4) is 0 Å². The molecule has 3 rings (SSSR count). The minimum atomic E-state index is -0.482. The van der Waals surface area contributed by atoms with Gasteiger partial charge in [-0.25, -0.2) is 0 Å². The fourth-order valence-electron chi connectivity index (χ4n) is 2.81. The molecule has 146 valence electrons. The van der Waals surface area contributed by atoms with Gasteiger partial charge in [-0.15, -0.1) is 0 Å². The summed E-state index contributed by atoms with van der Waals surface area (Å²) in [6, 6.07) is 7.14. The lowest BCUT2D eigenvalue weighted by Gasteiger charge is -2.18. The molecule has 0 unspecified atom stereocenters. The number of halogens is 1. The smallest absolute Gasteiger partial charge is 0.307 e. The SMILES string of the molecule is CCn1ncc(Br)c1CN(C)C(=O)c1ccc(Cn2cc([N+](=O)[O-])cn2)cc1. The third-order valence-corrected chi connectivity index (χ3v) is 4.97. The van der Waals surface area contributed by atoms with Crippen LogP contribution in [0.15, 0.2) is 47.3 Å². The third-order valence-electron chi connectivity index (χ3n) is 4.31. The van der Waals surface area contributed by atoms with Crippen LogP contribution in [-0.4, -0.2) is 42.3 Å². The molecule has 10 heteroatoms. The highest BCUT2D eigenvalue weighted by atomic mass is 79.9. The maximum Gasteiger partial charge on any atom is 0.307 e. The summed E-state index contributed by atoms with van der Waals surface area (Å²) in [5, 5.41) is 19.0. The maximum absolute atomic E-state index is 12.7. The Hall–Kier alpha value is -3.01. The van der Waals surface area contributed by atoms with Crippen molar-refractivity contribution in [1.29, 1.82) is 0 Å². The van der Waals surface area contributed by atoms with Crippen LogP contribution in [0.5, 0.6) is 0 Å². The molecule has 0 aliphatic heterocycles. The van der Waals surface area contributed by atoms with Gasteiger partial charge >= 0.3 is 5.69 Å². The number of carbonyl (C=O) groups is 1. The lowest BCUT2D eigenvalue weighted by atomic mass is 10.1. The summed E-state index contributed by atoms with van der Waals surface area (Å²) < 4.78 is 4.21. The zero-order valence-corrected chi connectivity index (χ0v) is 17.0. The molecule has 9 nitrogen and oxygen atoms in total. The second-order valence-electron chi connectivity index (χ2n) is 6.27. The molecule has 3 aromatic rings. The Kier molecular flexibility index (Phi) is 5.88. The van der Waals surface area contributed by atoms with Crippen LogP contribution in [0.1, 0.15) is 28.5 Å². The molecule has 0 aliphatic carbocycles. The Labute approximate surface area is 169 Å². The highest BCUT2D eigenvalue weighted by Crippen LogP contribution is 2.19. The minimum absolute atomic E-state index is 0.0501. The maximum atomic E-state index is 12.7. The summed E-state index contributed by atoms with van der Waals surface area (Å²) in [6.45, 7) is 3.55. The van der Waals surface area contributed by atoms with Crippen molar-refractivity contribution < 1.29 is 9.72 Å². The van der Waals surface area contributed by atoms with Crippen molar-refractivity contribution in [3.8, 4) is 0 Å². The van der Waals surface area contributed by atoms with Crippen LogP contribution in [0, 0.1) is 10.1 Å². The summed E-state index contributed by atoms with van der Waals surface area (Å²) in [5.74, 6) is -0.1000. The number of aryl methyl sites for hydroxylation is 1. The first kappa shape index (κ1) is 19.7. The van der Waals surface area contributed by atoms with E-state index < -0.39 is 4.92 Å². The van der Waals surface area contributed by atoms with Crippen molar-refractivity contribution in [3.05, 3.63) is 74.3 Å². The summed E-state index contributed by atoms with van der Waals surface area (Å²) in [6.07, 6.45) is 4.32. The molecule has 1 aromatic carbocycles. The molecule has 0 N–H and O–H groups in total. The number of amides is 1. The molecule has 0 spiro atoms. The summed E-state index contributed by atoms with van der Waals surface area (Å²) in [4.78, 5) is 24.6. The van der Waals surface area contributed by atoms with Crippen molar-refractivity contribution in [3.63, 3.8) is 0 Å². The van der Waals surface area contributed by atoms with Crippen LogP contribution in [0.25, 0.3) is 0 Å². The van der Waals surface area contributed by atoms with E-state index >= 15 is 0 Å². The molecule has 0 saturated heterocycles. The van der Waals surface area contributed by atoms with Crippen molar-refractivity contribution in [2.45, 2.75) is 26.6 Å². The van der Waals surface area contributed by atoms with Gasteiger partial charge in [0.05, 0.1) is 34.4 Å². The zero-order chi connectivity index (χ0) is 20.3.